The van der Waals surface area contributed by atoms with Crippen LogP contribution in [0.3, 0.4) is 0 Å². The second kappa shape index (κ2) is 3.21. The molecule has 0 aromatic heterocycles. The fraction of sp³-hybridized carbons (Fsp3) is 0.333. The Hall–Kier alpha value is -0.930. The predicted molar refractivity (Wildman–Crippen MR) is 42.8 cm³/mol. The molecular weight excluding hydrogens is 157 g/mol. The van der Waals surface area contributed by atoms with E-state index in [4.69, 9.17) is 4.84 Å². The van der Waals surface area contributed by atoms with Crippen molar-refractivity contribution in [3.8, 4) is 0 Å². The van der Waals surface area contributed by atoms with Crippen LogP contribution in [0.2, 0.25) is 0 Å². The SMILES string of the molecule is Fc1cccc([C@@H]2CCON2)c1. The number of hydrogen-bond donors (Lipinski definition) is 1. The highest BCUT2D eigenvalue weighted by Gasteiger charge is 2.16. The third-order valence-electron chi connectivity index (χ3n) is 1.99. The molecule has 1 fully saturated rings. The van der Waals surface area contributed by atoms with Crippen LogP contribution in [0.5, 0.6) is 0 Å². The van der Waals surface area contributed by atoms with Gasteiger partial charge in [-0.05, 0) is 24.1 Å². The van der Waals surface area contributed by atoms with Crippen LogP contribution in [0.15, 0.2) is 24.3 Å². The molecule has 1 aliphatic heterocycles. The quantitative estimate of drug-likeness (QED) is 0.688. The van der Waals surface area contributed by atoms with Gasteiger partial charge in [0.1, 0.15) is 5.82 Å². The molecule has 1 atom stereocenters. The van der Waals surface area contributed by atoms with E-state index in [0.29, 0.717) is 6.61 Å². The maximum atomic E-state index is 12.8. The fourth-order valence-electron chi connectivity index (χ4n) is 1.35. The van der Waals surface area contributed by atoms with Crippen molar-refractivity contribution < 1.29 is 9.23 Å². The number of hydroxylamine groups is 1. The van der Waals surface area contributed by atoms with Gasteiger partial charge < -0.3 is 4.84 Å². The van der Waals surface area contributed by atoms with Crippen molar-refractivity contribution in [1.82, 2.24) is 5.48 Å². The van der Waals surface area contributed by atoms with E-state index in [1.165, 1.54) is 12.1 Å². The number of nitrogens with one attached hydrogen (secondary N) is 1. The summed E-state index contributed by atoms with van der Waals surface area (Å²) in [6.07, 6.45) is 0.906. The van der Waals surface area contributed by atoms with Gasteiger partial charge in [0.2, 0.25) is 0 Å². The zero-order valence-electron chi connectivity index (χ0n) is 6.59. The van der Waals surface area contributed by atoms with Crippen LogP contribution < -0.4 is 5.48 Å². The molecule has 0 saturated carbocycles. The van der Waals surface area contributed by atoms with Gasteiger partial charge >= 0.3 is 0 Å². The van der Waals surface area contributed by atoms with E-state index in [2.05, 4.69) is 5.48 Å². The number of hydrogen-bond acceptors (Lipinski definition) is 2. The molecule has 0 aliphatic carbocycles. The Morgan fingerprint density at radius 3 is 3.08 bits per heavy atom. The molecule has 2 nitrogen and oxygen atoms in total. The van der Waals surface area contributed by atoms with Crippen molar-refractivity contribution in [3.05, 3.63) is 35.6 Å². The molecule has 0 bridgehead atoms. The minimum Gasteiger partial charge on any atom is -0.301 e. The summed E-state index contributed by atoms with van der Waals surface area (Å²) >= 11 is 0. The van der Waals surface area contributed by atoms with E-state index < -0.39 is 0 Å². The first-order valence-corrected chi connectivity index (χ1v) is 3.99. The van der Waals surface area contributed by atoms with Crippen molar-refractivity contribution in [3.63, 3.8) is 0 Å². The topological polar surface area (TPSA) is 21.3 Å². The summed E-state index contributed by atoms with van der Waals surface area (Å²) < 4.78 is 12.8. The summed E-state index contributed by atoms with van der Waals surface area (Å²) in [5, 5.41) is 0. The van der Waals surface area contributed by atoms with E-state index >= 15 is 0 Å². The van der Waals surface area contributed by atoms with Crippen LogP contribution in [0, 0.1) is 5.82 Å². The summed E-state index contributed by atoms with van der Waals surface area (Å²) in [5.74, 6) is -0.193. The minimum absolute atomic E-state index is 0.153. The molecular formula is C9H10FNO. The van der Waals surface area contributed by atoms with Crippen molar-refractivity contribution in [2.24, 2.45) is 0 Å². The smallest absolute Gasteiger partial charge is 0.123 e. The lowest BCUT2D eigenvalue weighted by atomic mass is 10.1. The highest BCUT2D eigenvalue weighted by Crippen LogP contribution is 2.20. The first-order chi connectivity index (χ1) is 5.86. The van der Waals surface area contributed by atoms with Crippen molar-refractivity contribution in [1.29, 1.82) is 0 Å². The summed E-state index contributed by atoms with van der Waals surface area (Å²) in [6.45, 7) is 0.696. The number of rotatable bonds is 1. The molecule has 64 valence electrons. The molecule has 0 radical (unpaired) electrons. The molecule has 12 heavy (non-hydrogen) atoms. The van der Waals surface area contributed by atoms with E-state index in [0.717, 1.165) is 12.0 Å². The van der Waals surface area contributed by atoms with Gasteiger partial charge in [0, 0.05) is 0 Å². The molecule has 2 rings (SSSR count). The van der Waals surface area contributed by atoms with E-state index in [-0.39, 0.29) is 11.9 Å². The second-order valence-electron chi connectivity index (χ2n) is 2.86. The first-order valence-electron chi connectivity index (χ1n) is 3.99. The molecule has 1 saturated heterocycles. The van der Waals surface area contributed by atoms with Crippen LogP contribution in [-0.2, 0) is 4.84 Å². The molecule has 1 heterocycles. The Kier molecular flexibility index (Phi) is 2.06. The van der Waals surface area contributed by atoms with Gasteiger partial charge in [0.15, 0.2) is 0 Å². The Bertz CT molecular complexity index is 271. The molecule has 3 heteroatoms. The Morgan fingerprint density at radius 2 is 2.42 bits per heavy atom. The lowest BCUT2D eigenvalue weighted by Gasteiger charge is -2.07. The van der Waals surface area contributed by atoms with Crippen LogP contribution in [-0.4, -0.2) is 6.61 Å². The van der Waals surface area contributed by atoms with Crippen LogP contribution in [0.4, 0.5) is 4.39 Å². The lowest BCUT2D eigenvalue weighted by Crippen LogP contribution is -2.11. The van der Waals surface area contributed by atoms with Gasteiger partial charge in [-0.25, -0.2) is 4.39 Å². The van der Waals surface area contributed by atoms with Gasteiger partial charge in [-0.3, -0.25) is 0 Å². The van der Waals surface area contributed by atoms with Crippen molar-refractivity contribution in [2.45, 2.75) is 12.5 Å². The van der Waals surface area contributed by atoms with Gasteiger partial charge in [0.05, 0.1) is 12.6 Å². The molecule has 0 spiro atoms. The van der Waals surface area contributed by atoms with Gasteiger partial charge in [-0.2, -0.15) is 5.48 Å². The highest BCUT2D eigenvalue weighted by atomic mass is 19.1. The van der Waals surface area contributed by atoms with Crippen molar-refractivity contribution in [2.75, 3.05) is 6.61 Å². The molecule has 0 unspecified atom stereocenters. The second-order valence-corrected chi connectivity index (χ2v) is 2.86. The normalized spacial score (nSPS) is 22.9. The summed E-state index contributed by atoms with van der Waals surface area (Å²) in [6, 6.07) is 6.74. The van der Waals surface area contributed by atoms with Gasteiger partial charge in [-0.1, -0.05) is 12.1 Å². The fourth-order valence-corrected chi connectivity index (χ4v) is 1.35. The number of halogens is 1. The third kappa shape index (κ3) is 1.47. The highest BCUT2D eigenvalue weighted by molar-refractivity contribution is 5.20. The van der Waals surface area contributed by atoms with Crippen molar-refractivity contribution >= 4 is 0 Å². The summed E-state index contributed by atoms with van der Waals surface area (Å²) in [7, 11) is 0. The van der Waals surface area contributed by atoms with Crippen LogP contribution >= 0.6 is 0 Å². The maximum absolute atomic E-state index is 12.8. The number of benzene rings is 1. The minimum atomic E-state index is -0.193. The van der Waals surface area contributed by atoms with Crippen LogP contribution in [0.1, 0.15) is 18.0 Å². The molecule has 1 aliphatic rings. The predicted octanol–water partition coefficient (Wildman–Crippen LogP) is 1.79. The monoisotopic (exact) mass is 167 g/mol. The maximum Gasteiger partial charge on any atom is 0.123 e. The first kappa shape index (κ1) is 7.71. The Balaban J connectivity index is 2.21. The third-order valence-corrected chi connectivity index (χ3v) is 1.99. The largest absolute Gasteiger partial charge is 0.301 e. The van der Waals surface area contributed by atoms with E-state index in [1.54, 1.807) is 6.07 Å². The van der Waals surface area contributed by atoms with E-state index in [9.17, 15) is 4.39 Å². The zero-order chi connectivity index (χ0) is 8.39. The zero-order valence-corrected chi connectivity index (χ0v) is 6.59. The molecule has 1 N–H and O–H groups in total. The Morgan fingerprint density at radius 1 is 1.50 bits per heavy atom. The Labute approximate surface area is 70.3 Å². The molecule has 1 aromatic carbocycles. The van der Waals surface area contributed by atoms with Gasteiger partial charge in [0.25, 0.3) is 0 Å². The standard InChI is InChI=1S/C9H10FNO/c10-8-3-1-2-7(6-8)9-4-5-12-11-9/h1-3,6,9,11H,4-5H2/t9-/m0/s1. The van der Waals surface area contributed by atoms with E-state index in [1.807, 2.05) is 6.07 Å². The molecule has 0 amide bonds. The van der Waals surface area contributed by atoms with Gasteiger partial charge in [-0.15, -0.1) is 0 Å². The molecule has 1 aromatic rings. The average molecular weight is 167 g/mol. The lowest BCUT2D eigenvalue weighted by molar-refractivity contribution is 0.0882. The summed E-state index contributed by atoms with van der Waals surface area (Å²) in [5.41, 5.74) is 3.78. The summed E-state index contributed by atoms with van der Waals surface area (Å²) in [4.78, 5) is 4.98. The average Bonchev–Trinajstić information content (AvgIpc) is 2.56. The van der Waals surface area contributed by atoms with Crippen LogP contribution in [0.25, 0.3) is 0 Å².